The SMILES string of the molecule is CCCCCCCC.Cl.Cl.N.N. The van der Waals surface area contributed by atoms with Crippen molar-refractivity contribution in [3.63, 3.8) is 0 Å². The number of hydrogen-bond acceptors (Lipinski definition) is 2. The van der Waals surface area contributed by atoms with Crippen molar-refractivity contribution < 1.29 is 0 Å². The zero-order chi connectivity index (χ0) is 6.24. The predicted octanol–water partition coefficient (Wildman–Crippen LogP) is 4.53. The second-order valence-electron chi connectivity index (χ2n) is 2.41. The lowest BCUT2D eigenvalue weighted by atomic mass is 10.1. The van der Waals surface area contributed by atoms with Crippen molar-refractivity contribution in [3.8, 4) is 0 Å². The van der Waals surface area contributed by atoms with E-state index in [2.05, 4.69) is 13.8 Å². The molecule has 0 bridgehead atoms. The van der Waals surface area contributed by atoms with Gasteiger partial charge in [-0.3, -0.25) is 0 Å². The summed E-state index contributed by atoms with van der Waals surface area (Å²) in [6.07, 6.45) is 8.49. The molecule has 0 spiro atoms. The molecule has 0 aliphatic carbocycles. The van der Waals surface area contributed by atoms with Gasteiger partial charge in [-0.2, -0.15) is 0 Å². The third kappa shape index (κ3) is 31.3. The first-order chi connectivity index (χ1) is 3.91. The molecule has 0 amide bonds. The minimum atomic E-state index is 0. The summed E-state index contributed by atoms with van der Waals surface area (Å²) in [7, 11) is 0. The first-order valence-corrected chi connectivity index (χ1v) is 3.91. The van der Waals surface area contributed by atoms with Crippen molar-refractivity contribution in [2.24, 2.45) is 0 Å². The van der Waals surface area contributed by atoms with Crippen molar-refractivity contribution in [2.45, 2.75) is 52.4 Å². The van der Waals surface area contributed by atoms with E-state index >= 15 is 0 Å². The van der Waals surface area contributed by atoms with Gasteiger partial charge < -0.3 is 12.3 Å². The Kier molecular flexibility index (Phi) is 73.5. The minimum Gasteiger partial charge on any atom is -0.344 e. The second-order valence-corrected chi connectivity index (χ2v) is 2.41. The van der Waals surface area contributed by atoms with Crippen LogP contribution in [-0.2, 0) is 0 Å². The molecule has 2 nitrogen and oxygen atoms in total. The molecule has 0 atom stereocenters. The average molecular weight is 221 g/mol. The van der Waals surface area contributed by atoms with Gasteiger partial charge in [-0.05, 0) is 0 Å². The lowest BCUT2D eigenvalue weighted by molar-refractivity contribution is 0.624. The third-order valence-electron chi connectivity index (χ3n) is 1.46. The van der Waals surface area contributed by atoms with E-state index in [4.69, 9.17) is 0 Å². The van der Waals surface area contributed by atoms with Crippen molar-refractivity contribution in [3.05, 3.63) is 0 Å². The van der Waals surface area contributed by atoms with Crippen molar-refractivity contribution >= 4 is 24.8 Å². The molecule has 0 aliphatic rings. The van der Waals surface area contributed by atoms with Gasteiger partial charge in [-0.1, -0.05) is 52.4 Å². The fourth-order valence-corrected chi connectivity index (χ4v) is 0.854. The van der Waals surface area contributed by atoms with Crippen LogP contribution in [0.4, 0.5) is 0 Å². The minimum absolute atomic E-state index is 0. The van der Waals surface area contributed by atoms with Crippen LogP contribution >= 0.6 is 24.8 Å². The van der Waals surface area contributed by atoms with Crippen LogP contribution in [0.1, 0.15) is 52.4 Å². The van der Waals surface area contributed by atoms with Gasteiger partial charge in [0.25, 0.3) is 0 Å². The number of hydrogen-bond donors (Lipinski definition) is 2. The van der Waals surface area contributed by atoms with Gasteiger partial charge >= 0.3 is 0 Å². The Morgan fingerprint density at radius 2 is 0.833 bits per heavy atom. The smallest absolute Gasteiger partial charge is 0.0533 e. The zero-order valence-corrected chi connectivity index (χ0v) is 10.1. The first kappa shape index (κ1) is 29.4. The lowest BCUT2D eigenvalue weighted by Crippen LogP contribution is -1.73. The number of unbranched alkanes of at least 4 members (excludes halogenated alkanes) is 5. The molecule has 0 aromatic heterocycles. The van der Waals surface area contributed by atoms with E-state index in [1.165, 1.54) is 38.5 Å². The fraction of sp³-hybridized carbons (Fsp3) is 1.00. The van der Waals surface area contributed by atoms with Crippen LogP contribution < -0.4 is 12.3 Å². The summed E-state index contributed by atoms with van der Waals surface area (Å²) in [5, 5.41) is 0. The van der Waals surface area contributed by atoms with E-state index in [0.717, 1.165) is 0 Å². The van der Waals surface area contributed by atoms with Crippen LogP contribution in [0.15, 0.2) is 0 Å². The summed E-state index contributed by atoms with van der Waals surface area (Å²) in [5.41, 5.74) is 0. The molecule has 0 radical (unpaired) electrons. The van der Waals surface area contributed by atoms with Gasteiger partial charge in [0, 0.05) is 0 Å². The third-order valence-corrected chi connectivity index (χ3v) is 1.46. The van der Waals surface area contributed by atoms with E-state index < -0.39 is 0 Å². The van der Waals surface area contributed by atoms with E-state index in [0.29, 0.717) is 0 Å². The largest absolute Gasteiger partial charge is 0.344 e. The molecular weight excluding hydrogens is 195 g/mol. The molecule has 0 aliphatic heterocycles. The second kappa shape index (κ2) is 30.0. The molecule has 0 heterocycles. The molecule has 12 heavy (non-hydrogen) atoms. The Morgan fingerprint density at radius 1 is 0.583 bits per heavy atom. The molecule has 0 saturated heterocycles. The maximum atomic E-state index is 2.26. The molecule has 0 rings (SSSR count). The zero-order valence-electron chi connectivity index (χ0n) is 8.47. The molecule has 4 heteroatoms. The van der Waals surface area contributed by atoms with Gasteiger partial charge in [0.1, 0.15) is 0 Å². The highest BCUT2D eigenvalue weighted by Crippen LogP contribution is 2.03. The Bertz CT molecular complexity index is 40.0. The van der Waals surface area contributed by atoms with Crippen molar-refractivity contribution in [1.82, 2.24) is 12.3 Å². The highest BCUT2D eigenvalue weighted by atomic mass is 35.5. The molecule has 82 valence electrons. The summed E-state index contributed by atoms with van der Waals surface area (Å²) in [6, 6.07) is 0. The molecule has 0 aromatic carbocycles. The van der Waals surface area contributed by atoms with Gasteiger partial charge in [0.15, 0.2) is 0 Å². The molecule has 0 saturated carbocycles. The Morgan fingerprint density at radius 3 is 1.00 bits per heavy atom. The fourth-order valence-electron chi connectivity index (χ4n) is 0.854. The average Bonchev–Trinajstić information content (AvgIpc) is 1.81. The summed E-state index contributed by atoms with van der Waals surface area (Å²) >= 11 is 0. The standard InChI is InChI=1S/C8H18.2ClH.2H3N/c1-3-5-7-8-6-4-2;;;;/h3-8H2,1-2H3;2*1H;2*1H3. The Hall–Kier alpha value is 0.500. The predicted molar refractivity (Wildman–Crippen MR) is 63.6 cm³/mol. The van der Waals surface area contributed by atoms with Gasteiger partial charge in [-0.25, -0.2) is 0 Å². The lowest BCUT2D eigenvalue weighted by Gasteiger charge is -1.93. The monoisotopic (exact) mass is 220 g/mol. The van der Waals surface area contributed by atoms with E-state index in [1.54, 1.807) is 0 Å². The van der Waals surface area contributed by atoms with E-state index in [1.807, 2.05) is 0 Å². The summed E-state index contributed by atoms with van der Waals surface area (Å²) in [4.78, 5) is 0. The summed E-state index contributed by atoms with van der Waals surface area (Å²) < 4.78 is 0. The van der Waals surface area contributed by atoms with Crippen LogP contribution in [0.5, 0.6) is 0 Å². The molecular formula is C8H26Cl2N2. The van der Waals surface area contributed by atoms with Crippen LogP contribution in [0, 0.1) is 0 Å². The van der Waals surface area contributed by atoms with Gasteiger partial charge in [0.2, 0.25) is 0 Å². The number of halogens is 2. The molecule has 6 N–H and O–H groups in total. The first-order valence-electron chi connectivity index (χ1n) is 3.91. The maximum Gasteiger partial charge on any atom is -0.0533 e. The molecule has 0 unspecified atom stereocenters. The van der Waals surface area contributed by atoms with Crippen molar-refractivity contribution in [1.29, 1.82) is 0 Å². The maximum absolute atomic E-state index is 2.26. The highest BCUT2D eigenvalue weighted by Gasteiger charge is 1.83. The Labute approximate surface area is 89.9 Å². The van der Waals surface area contributed by atoms with Crippen LogP contribution in [0.25, 0.3) is 0 Å². The van der Waals surface area contributed by atoms with E-state index in [9.17, 15) is 0 Å². The Balaban J connectivity index is -0.0000000408. The van der Waals surface area contributed by atoms with Crippen LogP contribution in [0.2, 0.25) is 0 Å². The van der Waals surface area contributed by atoms with Crippen LogP contribution in [-0.4, -0.2) is 0 Å². The van der Waals surface area contributed by atoms with E-state index in [-0.39, 0.29) is 37.1 Å². The normalized spacial score (nSPS) is 6.50. The van der Waals surface area contributed by atoms with Crippen molar-refractivity contribution in [2.75, 3.05) is 0 Å². The molecule has 0 aromatic rings. The van der Waals surface area contributed by atoms with Gasteiger partial charge in [0.05, 0.1) is 0 Å². The molecule has 0 fully saturated rings. The van der Waals surface area contributed by atoms with Crippen LogP contribution in [0.3, 0.4) is 0 Å². The van der Waals surface area contributed by atoms with Gasteiger partial charge in [-0.15, -0.1) is 24.8 Å². The summed E-state index contributed by atoms with van der Waals surface area (Å²) in [6.45, 7) is 4.51. The quantitative estimate of drug-likeness (QED) is 0.669. The topological polar surface area (TPSA) is 70.0 Å². The highest BCUT2D eigenvalue weighted by molar-refractivity contribution is 5.85. The summed E-state index contributed by atoms with van der Waals surface area (Å²) in [5.74, 6) is 0. The number of rotatable bonds is 5.